The van der Waals surface area contributed by atoms with Gasteiger partial charge < -0.3 is 4.90 Å². The van der Waals surface area contributed by atoms with Gasteiger partial charge in [-0.05, 0) is 22.0 Å². The van der Waals surface area contributed by atoms with Crippen LogP contribution in [0, 0.1) is 0 Å². The van der Waals surface area contributed by atoms with Gasteiger partial charge in [0.1, 0.15) is 5.82 Å². The molecule has 1 heterocycles. The van der Waals surface area contributed by atoms with Gasteiger partial charge in [-0.3, -0.25) is 0 Å². The molecule has 0 N–H and O–H groups in total. The third-order valence-corrected chi connectivity index (χ3v) is 2.51. The minimum absolute atomic E-state index is 0.826. The Kier molecular flexibility index (Phi) is 3.53. The molecule has 0 aliphatic heterocycles. The third-order valence-electron chi connectivity index (χ3n) is 1.48. The Morgan fingerprint density at radius 1 is 1.50 bits per heavy atom. The van der Waals surface area contributed by atoms with Gasteiger partial charge in [0.15, 0.2) is 0 Å². The molecular formula is C8H10Br2N2. The first-order chi connectivity index (χ1) is 5.65. The van der Waals surface area contributed by atoms with Crippen molar-refractivity contribution >= 4 is 37.7 Å². The molecular weight excluding hydrogens is 284 g/mol. The molecule has 0 aromatic carbocycles. The molecule has 0 saturated heterocycles. The summed E-state index contributed by atoms with van der Waals surface area (Å²) in [5.41, 5.74) is 1.19. The van der Waals surface area contributed by atoms with Gasteiger partial charge in [0.2, 0.25) is 0 Å². The molecule has 12 heavy (non-hydrogen) atoms. The van der Waals surface area contributed by atoms with E-state index in [2.05, 4.69) is 42.9 Å². The van der Waals surface area contributed by atoms with Crippen molar-refractivity contribution in [2.24, 2.45) is 0 Å². The molecule has 0 unspecified atom stereocenters. The number of aromatic nitrogens is 1. The number of pyridine rings is 1. The summed E-state index contributed by atoms with van der Waals surface area (Å²) in [5, 5.41) is 0.826. The summed E-state index contributed by atoms with van der Waals surface area (Å²) in [6.45, 7) is 0. The van der Waals surface area contributed by atoms with Crippen molar-refractivity contribution < 1.29 is 0 Å². The summed E-state index contributed by atoms with van der Waals surface area (Å²) < 4.78 is 1.02. The fourth-order valence-electron chi connectivity index (χ4n) is 0.975. The highest BCUT2D eigenvalue weighted by Crippen LogP contribution is 2.21. The molecule has 1 aromatic heterocycles. The van der Waals surface area contributed by atoms with Crippen LogP contribution in [-0.4, -0.2) is 19.1 Å². The van der Waals surface area contributed by atoms with Gasteiger partial charge in [-0.1, -0.05) is 15.9 Å². The first-order valence-corrected chi connectivity index (χ1v) is 5.44. The Hall–Kier alpha value is -0.0900. The Balaban J connectivity index is 3.11. The Labute approximate surface area is 89.2 Å². The zero-order chi connectivity index (χ0) is 9.14. The average molecular weight is 294 g/mol. The molecule has 66 valence electrons. The van der Waals surface area contributed by atoms with Crippen LogP contribution < -0.4 is 4.90 Å². The third kappa shape index (κ3) is 2.20. The van der Waals surface area contributed by atoms with E-state index in [0.717, 1.165) is 15.6 Å². The fraction of sp³-hybridized carbons (Fsp3) is 0.375. The van der Waals surface area contributed by atoms with Gasteiger partial charge >= 0.3 is 0 Å². The van der Waals surface area contributed by atoms with E-state index in [0.29, 0.717) is 0 Å². The lowest BCUT2D eigenvalue weighted by Gasteiger charge is -2.14. The topological polar surface area (TPSA) is 16.1 Å². The van der Waals surface area contributed by atoms with E-state index in [4.69, 9.17) is 0 Å². The highest BCUT2D eigenvalue weighted by atomic mass is 79.9. The van der Waals surface area contributed by atoms with Gasteiger partial charge in [-0.25, -0.2) is 4.98 Å². The lowest BCUT2D eigenvalue weighted by Crippen LogP contribution is -2.12. The summed E-state index contributed by atoms with van der Waals surface area (Å²) >= 11 is 6.81. The number of hydrogen-bond donors (Lipinski definition) is 0. The molecule has 0 aliphatic rings. The molecule has 0 radical (unpaired) electrons. The summed E-state index contributed by atoms with van der Waals surface area (Å²) in [5.74, 6) is 1.01. The van der Waals surface area contributed by atoms with E-state index < -0.39 is 0 Å². The molecule has 0 fully saturated rings. The second-order valence-corrected chi connectivity index (χ2v) is 4.14. The zero-order valence-corrected chi connectivity index (χ0v) is 10.2. The summed E-state index contributed by atoms with van der Waals surface area (Å²) in [6.07, 6.45) is 1.81. The van der Waals surface area contributed by atoms with Crippen molar-refractivity contribution in [2.45, 2.75) is 5.33 Å². The molecule has 0 spiro atoms. The van der Waals surface area contributed by atoms with Crippen molar-refractivity contribution in [1.29, 1.82) is 0 Å². The number of alkyl halides is 1. The highest BCUT2D eigenvalue weighted by molar-refractivity contribution is 9.10. The maximum Gasteiger partial charge on any atom is 0.132 e. The maximum atomic E-state index is 4.30. The predicted octanol–water partition coefficient (Wildman–Crippen LogP) is 2.81. The molecule has 0 aliphatic carbocycles. The van der Waals surface area contributed by atoms with Gasteiger partial charge in [0.25, 0.3) is 0 Å². The number of nitrogens with zero attached hydrogens (tertiary/aromatic N) is 2. The SMILES string of the molecule is CN(C)c1ncc(Br)cc1CBr. The Morgan fingerprint density at radius 2 is 2.17 bits per heavy atom. The van der Waals surface area contributed by atoms with Crippen LogP contribution >= 0.6 is 31.9 Å². The van der Waals surface area contributed by atoms with Crippen molar-refractivity contribution in [2.75, 3.05) is 19.0 Å². The lowest BCUT2D eigenvalue weighted by atomic mass is 10.3. The molecule has 0 atom stereocenters. The number of hydrogen-bond acceptors (Lipinski definition) is 2. The predicted molar refractivity (Wildman–Crippen MR) is 58.9 cm³/mol. The van der Waals surface area contributed by atoms with Gasteiger partial charge in [-0.2, -0.15) is 0 Å². The highest BCUT2D eigenvalue weighted by Gasteiger charge is 2.04. The van der Waals surface area contributed by atoms with E-state index in [1.807, 2.05) is 25.2 Å². The average Bonchev–Trinajstić information content (AvgIpc) is 2.03. The van der Waals surface area contributed by atoms with Gasteiger partial charge in [0, 0.05) is 35.7 Å². The second-order valence-electron chi connectivity index (χ2n) is 2.66. The van der Waals surface area contributed by atoms with Crippen LogP contribution in [-0.2, 0) is 5.33 Å². The number of halogens is 2. The first-order valence-electron chi connectivity index (χ1n) is 3.53. The smallest absolute Gasteiger partial charge is 0.132 e. The summed E-state index contributed by atoms with van der Waals surface area (Å²) in [7, 11) is 3.98. The number of anilines is 1. The molecule has 1 rings (SSSR count). The molecule has 0 saturated carbocycles. The Bertz CT molecular complexity index is 274. The van der Waals surface area contributed by atoms with Crippen LogP contribution in [0.25, 0.3) is 0 Å². The lowest BCUT2D eigenvalue weighted by molar-refractivity contribution is 1.04. The quantitative estimate of drug-likeness (QED) is 0.780. The van der Waals surface area contributed by atoms with Crippen LogP contribution in [0.1, 0.15) is 5.56 Å². The summed E-state index contributed by atoms with van der Waals surface area (Å²) in [6, 6.07) is 2.07. The molecule has 2 nitrogen and oxygen atoms in total. The van der Waals surface area contributed by atoms with E-state index in [-0.39, 0.29) is 0 Å². The van der Waals surface area contributed by atoms with E-state index in [9.17, 15) is 0 Å². The van der Waals surface area contributed by atoms with E-state index >= 15 is 0 Å². The van der Waals surface area contributed by atoms with Crippen LogP contribution in [0.4, 0.5) is 5.82 Å². The van der Waals surface area contributed by atoms with Gasteiger partial charge in [-0.15, -0.1) is 0 Å². The Morgan fingerprint density at radius 3 is 2.67 bits per heavy atom. The van der Waals surface area contributed by atoms with Crippen molar-refractivity contribution in [1.82, 2.24) is 4.98 Å². The largest absolute Gasteiger partial charge is 0.362 e. The second kappa shape index (κ2) is 4.23. The molecule has 4 heteroatoms. The van der Waals surface area contributed by atoms with E-state index in [1.54, 1.807) is 0 Å². The van der Waals surface area contributed by atoms with Crippen LogP contribution in [0.3, 0.4) is 0 Å². The van der Waals surface area contributed by atoms with Gasteiger partial charge in [0.05, 0.1) is 0 Å². The van der Waals surface area contributed by atoms with Crippen LogP contribution in [0.5, 0.6) is 0 Å². The van der Waals surface area contributed by atoms with Crippen molar-refractivity contribution in [3.8, 4) is 0 Å². The van der Waals surface area contributed by atoms with Crippen molar-refractivity contribution in [3.63, 3.8) is 0 Å². The van der Waals surface area contributed by atoms with Crippen LogP contribution in [0.2, 0.25) is 0 Å². The fourth-order valence-corrected chi connectivity index (χ4v) is 1.77. The molecule has 0 bridgehead atoms. The molecule has 0 amide bonds. The summed E-state index contributed by atoms with van der Waals surface area (Å²) in [4.78, 5) is 6.30. The minimum Gasteiger partial charge on any atom is -0.362 e. The standard InChI is InChI=1S/C8H10Br2N2/c1-12(2)8-6(4-9)3-7(10)5-11-8/h3,5H,4H2,1-2H3. The van der Waals surface area contributed by atoms with E-state index in [1.165, 1.54) is 5.56 Å². The van der Waals surface area contributed by atoms with Crippen LogP contribution in [0.15, 0.2) is 16.7 Å². The normalized spacial score (nSPS) is 10.0. The molecule has 1 aromatic rings. The monoisotopic (exact) mass is 292 g/mol. The first kappa shape index (κ1) is 9.99. The van der Waals surface area contributed by atoms with Crippen molar-refractivity contribution in [3.05, 3.63) is 22.3 Å². The minimum atomic E-state index is 0.826. The maximum absolute atomic E-state index is 4.30. The number of rotatable bonds is 2. The zero-order valence-electron chi connectivity index (χ0n) is 7.01.